The SMILES string of the molecule is CCCNC(c1cccc(CC)c1)C1CCCC1(C)C. The Morgan fingerprint density at radius 3 is 2.70 bits per heavy atom. The molecule has 1 N–H and O–H groups in total. The largest absolute Gasteiger partial charge is 0.310 e. The Bertz CT molecular complexity index is 422. The zero-order valence-electron chi connectivity index (χ0n) is 13.7. The molecule has 0 aliphatic heterocycles. The highest BCUT2D eigenvalue weighted by Gasteiger charge is 2.39. The van der Waals surface area contributed by atoms with Gasteiger partial charge in [-0.25, -0.2) is 0 Å². The van der Waals surface area contributed by atoms with Gasteiger partial charge in [-0.1, -0.05) is 58.4 Å². The van der Waals surface area contributed by atoms with E-state index in [9.17, 15) is 0 Å². The lowest BCUT2D eigenvalue weighted by molar-refractivity contribution is 0.197. The van der Waals surface area contributed by atoms with Gasteiger partial charge in [0.1, 0.15) is 0 Å². The van der Waals surface area contributed by atoms with Crippen LogP contribution in [0.1, 0.15) is 70.5 Å². The molecule has 20 heavy (non-hydrogen) atoms. The summed E-state index contributed by atoms with van der Waals surface area (Å²) in [5, 5.41) is 3.83. The van der Waals surface area contributed by atoms with Crippen molar-refractivity contribution in [1.82, 2.24) is 5.32 Å². The molecule has 2 rings (SSSR count). The molecule has 1 aliphatic carbocycles. The van der Waals surface area contributed by atoms with Crippen LogP contribution >= 0.6 is 0 Å². The summed E-state index contributed by atoms with van der Waals surface area (Å²) in [5.74, 6) is 0.765. The average Bonchev–Trinajstić information content (AvgIpc) is 2.79. The molecule has 1 saturated carbocycles. The number of benzene rings is 1. The van der Waals surface area contributed by atoms with E-state index >= 15 is 0 Å². The Kier molecular flexibility index (Phi) is 5.26. The standard InChI is InChI=1S/C19H31N/c1-5-13-20-18(17-11-8-12-19(17,3)4)16-10-7-9-15(6-2)14-16/h7,9-10,14,17-18,20H,5-6,8,11-13H2,1-4H3. The van der Waals surface area contributed by atoms with E-state index in [4.69, 9.17) is 0 Å². The summed E-state index contributed by atoms with van der Waals surface area (Å²) in [7, 11) is 0. The van der Waals surface area contributed by atoms with Crippen molar-refractivity contribution >= 4 is 0 Å². The third-order valence-corrected chi connectivity index (χ3v) is 5.08. The van der Waals surface area contributed by atoms with Gasteiger partial charge in [0.15, 0.2) is 0 Å². The fraction of sp³-hybridized carbons (Fsp3) is 0.684. The predicted octanol–water partition coefficient (Wildman–Crippen LogP) is 5.12. The molecule has 0 bridgehead atoms. The van der Waals surface area contributed by atoms with Gasteiger partial charge < -0.3 is 5.32 Å². The lowest BCUT2D eigenvalue weighted by Crippen LogP contribution is -2.34. The van der Waals surface area contributed by atoms with Crippen LogP contribution in [0.3, 0.4) is 0 Å². The molecule has 2 atom stereocenters. The highest BCUT2D eigenvalue weighted by Crippen LogP contribution is 2.48. The Morgan fingerprint density at radius 2 is 2.10 bits per heavy atom. The van der Waals surface area contributed by atoms with E-state index in [1.165, 1.54) is 36.8 Å². The van der Waals surface area contributed by atoms with Crippen molar-refractivity contribution in [1.29, 1.82) is 0 Å². The van der Waals surface area contributed by atoms with Crippen molar-refractivity contribution in [2.75, 3.05) is 6.54 Å². The van der Waals surface area contributed by atoms with Crippen molar-refractivity contribution < 1.29 is 0 Å². The van der Waals surface area contributed by atoms with Crippen LogP contribution in [0.5, 0.6) is 0 Å². The number of hydrogen-bond acceptors (Lipinski definition) is 1. The fourth-order valence-electron chi connectivity index (χ4n) is 3.77. The minimum atomic E-state index is 0.466. The van der Waals surface area contributed by atoms with Crippen LogP contribution in [0.25, 0.3) is 0 Å². The van der Waals surface area contributed by atoms with E-state index in [0.717, 1.165) is 18.9 Å². The fourth-order valence-corrected chi connectivity index (χ4v) is 3.77. The Labute approximate surface area is 125 Å². The molecule has 0 aromatic heterocycles. The number of nitrogens with one attached hydrogen (secondary N) is 1. The van der Waals surface area contributed by atoms with E-state index in [1.54, 1.807) is 0 Å². The molecule has 2 unspecified atom stereocenters. The van der Waals surface area contributed by atoms with Crippen LogP contribution in [0.2, 0.25) is 0 Å². The van der Waals surface area contributed by atoms with Crippen molar-refractivity contribution in [3.63, 3.8) is 0 Å². The van der Waals surface area contributed by atoms with Crippen LogP contribution in [-0.2, 0) is 6.42 Å². The predicted molar refractivity (Wildman–Crippen MR) is 88.0 cm³/mol. The molecule has 1 nitrogen and oxygen atoms in total. The minimum Gasteiger partial charge on any atom is -0.310 e. The first-order valence-electron chi connectivity index (χ1n) is 8.40. The van der Waals surface area contributed by atoms with Gasteiger partial charge >= 0.3 is 0 Å². The first kappa shape index (κ1) is 15.6. The molecule has 1 aromatic carbocycles. The molecule has 0 saturated heterocycles. The summed E-state index contributed by atoms with van der Waals surface area (Å²) in [5.41, 5.74) is 3.42. The van der Waals surface area contributed by atoms with Crippen LogP contribution < -0.4 is 5.32 Å². The van der Waals surface area contributed by atoms with Gasteiger partial charge in [-0.15, -0.1) is 0 Å². The zero-order valence-corrected chi connectivity index (χ0v) is 13.7. The van der Waals surface area contributed by atoms with Crippen LogP contribution in [0, 0.1) is 11.3 Å². The Balaban J connectivity index is 2.26. The van der Waals surface area contributed by atoms with Gasteiger partial charge in [0.25, 0.3) is 0 Å². The van der Waals surface area contributed by atoms with Crippen molar-refractivity contribution in [2.45, 2.75) is 65.8 Å². The summed E-state index contributed by atoms with van der Waals surface area (Å²) in [6, 6.07) is 9.75. The minimum absolute atomic E-state index is 0.466. The van der Waals surface area contributed by atoms with Crippen molar-refractivity contribution in [3.05, 3.63) is 35.4 Å². The maximum absolute atomic E-state index is 3.83. The summed E-state index contributed by atoms with van der Waals surface area (Å²) >= 11 is 0. The molecule has 1 heteroatoms. The van der Waals surface area contributed by atoms with E-state index < -0.39 is 0 Å². The highest BCUT2D eigenvalue weighted by atomic mass is 14.9. The second-order valence-electron chi connectivity index (χ2n) is 7.02. The molecular formula is C19H31N. The van der Waals surface area contributed by atoms with E-state index in [1.807, 2.05) is 0 Å². The van der Waals surface area contributed by atoms with Gasteiger partial charge in [-0.05, 0) is 54.7 Å². The quantitative estimate of drug-likeness (QED) is 0.759. The Hall–Kier alpha value is -0.820. The molecule has 0 spiro atoms. The van der Waals surface area contributed by atoms with E-state index in [0.29, 0.717) is 11.5 Å². The van der Waals surface area contributed by atoms with Crippen molar-refractivity contribution in [2.24, 2.45) is 11.3 Å². The topological polar surface area (TPSA) is 12.0 Å². The van der Waals surface area contributed by atoms with E-state index in [-0.39, 0.29) is 0 Å². The monoisotopic (exact) mass is 273 g/mol. The Morgan fingerprint density at radius 1 is 1.30 bits per heavy atom. The van der Waals surface area contributed by atoms with Gasteiger partial charge in [0.2, 0.25) is 0 Å². The third kappa shape index (κ3) is 3.44. The van der Waals surface area contributed by atoms with Crippen LogP contribution in [0.15, 0.2) is 24.3 Å². The number of hydrogen-bond donors (Lipinski definition) is 1. The van der Waals surface area contributed by atoms with Gasteiger partial charge in [-0.3, -0.25) is 0 Å². The second-order valence-corrected chi connectivity index (χ2v) is 7.02. The first-order chi connectivity index (χ1) is 9.58. The van der Waals surface area contributed by atoms with Gasteiger partial charge in [-0.2, -0.15) is 0 Å². The van der Waals surface area contributed by atoms with Crippen LogP contribution in [-0.4, -0.2) is 6.54 Å². The van der Waals surface area contributed by atoms with Crippen molar-refractivity contribution in [3.8, 4) is 0 Å². The van der Waals surface area contributed by atoms with Gasteiger partial charge in [0, 0.05) is 6.04 Å². The summed E-state index contributed by atoms with van der Waals surface area (Å²) < 4.78 is 0. The lowest BCUT2D eigenvalue weighted by atomic mass is 9.75. The van der Waals surface area contributed by atoms with E-state index in [2.05, 4.69) is 57.3 Å². The molecule has 112 valence electrons. The molecule has 1 aliphatic rings. The summed E-state index contributed by atoms with van der Waals surface area (Å²) in [6.07, 6.45) is 6.45. The smallest absolute Gasteiger partial charge is 0.0353 e. The second kappa shape index (κ2) is 6.76. The number of aryl methyl sites for hydroxylation is 1. The number of rotatable bonds is 6. The average molecular weight is 273 g/mol. The highest BCUT2D eigenvalue weighted by molar-refractivity contribution is 5.27. The molecule has 0 heterocycles. The molecule has 1 aromatic rings. The summed E-state index contributed by atoms with van der Waals surface area (Å²) in [4.78, 5) is 0. The maximum atomic E-state index is 3.83. The third-order valence-electron chi connectivity index (χ3n) is 5.08. The van der Waals surface area contributed by atoms with Gasteiger partial charge in [0.05, 0.1) is 0 Å². The normalized spacial score (nSPS) is 22.9. The maximum Gasteiger partial charge on any atom is 0.0353 e. The first-order valence-corrected chi connectivity index (χ1v) is 8.40. The lowest BCUT2D eigenvalue weighted by Gasteiger charge is -2.35. The molecule has 0 amide bonds. The molecule has 1 fully saturated rings. The zero-order chi connectivity index (χ0) is 14.6. The summed E-state index contributed by atoms with van der Waals surface area (Å²) in [6.45, 7) is 10.5. The van der Waals surface area contributed by atoms with Crippen LogP contribution in [0.4, 0.5) is 0 Å². The molecular weight excluding hydrogens is 242 g/mol. The molecule has 0 radical (unpaired) electrons.